The van der Waals surface area contributed by atoms with Gasteiger partial charge < -0.3 is 34.1 Å². The average Bonchev–Trinajstić information content (AvgIpc) is 3.85. The Morgan fingerprint density at radius 2 is 1.90 bits per heavy atom. The quantitative estimate of drug-likeness (QED) is 0.0623. The van der Waals surface area contributed by atoms with Crippen molar-refractivity contribution < 1.29 is 33.4 Å². The molecule has 2 saturated heterocycles. The molecule has 19 heteroatoms. The Hall–Kier alpha value is -4.95. The molecule has 1 aromatic carbocycles. The van der Waals surface area contributed by atoms with Crippen molar-refractivity contribution in [3.05, 3.63) is 70.8 Å². The molecule has 0 radical (unpaired) electrons. The summed E-state index contributed by atoms with van der Waals surface area (Å²) in [6, 6.07) is 8.73. The summed E-state index contributed by atoms with van der Waals surface area (Å²) in [4.78, 5) is 84.0. The van der Waals surface area contributed by atoms with Crippen molar-refractivity contribution in [3.8, 4) is 22.5 Å². The number of nitrogens with one attached hydrogen (secondary N) is 2. The molecule has 3 aromatic heterocycles. The smallest absolute Gasteiger partial charge is 0.338 e. The van der Waals surface area contributed by atoms with Crippen molar-refractivity contribution in [2.75, 3.05) is 46.7 Å². The van der Waals surface area contributed by atoms with E-state index in [1.54, 1.807) is 31.5 Å². The number of urea groups is 1. The lowest BCUT2D eigenvalue weighted by Gasteiger charge is -2.47. The number of thiazole rings is 1. The number of amides is 5. The van der Waals surface area contributed by atoms with E-state index in [1.807, 2.05) is 44.0 Å². The number of hydrogen-bond donors (Lipinski definition) is 3. The predicted octanol–water partition coefficient (Wildman–Crippen LogP) is 7.48. The first-order chi connectivity index (χ1) is 33.7. The summed E-state index contributed by atoms with van der Waals surface area (Å²) in [5, 5.41) is 8.15. The fourth-order valence-corrected chi connectivity index (χ4v) is 12.8. The summed E-state index contributed by atoms with van der Waals surface area (Å²) >= 11 is 7.47. The monoisotopic (exact) mass is 1030 g/mol. The lowest BCUT2D eigenvalue weighted by molar-refractivity contribution is -0.158. The molecule has 3 fully saturated rings. The van der Waals surface area contributed by atoms with Crippen molar-refractivity contribution in [3.63, 3.8) is 0 Å². The second-order valence-corrected chi connectivity index (χ2v) is 23.6. The molecule has 1 saturated carbocycles. The number of hydrazine groups is 1. The van der Waals surface area contributed by atoms with Crippen LogP contribution in [0, 0.1) is 11.3 Å². The number of thiol groups is 1. The number of esters is 1. The van der Waals surface area contributed by atoms with Gasteiger partial charge in [0.1, 0.15) is 6.04 Å². The molecule has 4 aromatic rings. The van der Waals surface area contributed by atoms with E-state index in [4.69, 9.17) is 32.1 Å². The van der Waals surface area contributed by atoms with E-state index in [0.717, 1.165) is 57.5 Å². The summed E-state index contributed by atoms with van der Waals surface area (Å²) in [5.74, 6) is -2.16. The van der Waals surface area contributed by atoms with Gasteiger partial charge in [-0.1, -0.05) is 40.3 Å². The SMILES string of the molecule is C=CC(=O)N1C[C@H](C)N(C(=O)N(C)C(C(=O)N[C@@]2(SC)Cc3nc(cs3)-c3ccc4c(c3)c(c(-c3cccnc3[C@H](C)OC)n4CC)CC(C)(C)COC(=O)[C@@]3(S)CCCN(N3)C2=O)C(C)C)CC12CC2. The molecule has 71 heavy (non-hydrogen) atoms. The van der Waals surface area contributed by atoms with Crippen molar-refractivity contribution in [2.45, 2.75) is 127 Å². The van der Waals surface area contributed by atoms with Gasteiger partial charge in [-0.05, 0) is 101 Å². The van der Waals surface area contributed by atoms with Crippen LogP contribution in [0.15, 0.2) is 54.6 Å². The number of fused-ring (bicyclic) bond motifs is 6. The van der Waals surface area contributed by atoms with Gasteiger partial charge in [0, 0.05) is 91.8 Å². The first-order valence-corrected chi connectivity index (χ1v) is 27.1. The predicted molar refractivity (Wildman–Crippen MR) is 282 cm³/mol. The van der Waals surface area contributed by atoms with Crippen LogP contribution in [0.5, 0.6) is 0 Å². The maximum atomic E-state index is 15.4. The normalized spacial score (nSPS) is 24.1. The van der Waals surface area contributed by atoms with Crippen LogP contribution in [0.3, 0.4) is 0 Å². The van der Waals surface area contributed by atoms with Crippen LogP contribution in [0.4, 0.5) is 4.79 Å². The van der Waals surface area contributed by atoms with Crippen LogP contribution < -0.4 is 10.7 Å². The topological polar surface area (TPSA) is 172 Å². The summed E-state index contributed by atoms with van der Waals surface area (Å²) in [5.41, 5.74) is 8.61. The van der Waals surface area contributed by atoms with Crippen LogP contribution in [0.2, 0.25) is 0 Å². The molecule has 3 aliphatic heterocycles. The summed E-state index contributed by atoms with van der Waals surface area (Å²) in [6.45, 7) is 19.3. The maximum absolute atomic E-state index is 15.4. The number of carbonyl (C=O) groups excluding carboxylic acids is 5. The molecule has 2 N–H and O–H groups in total. The molecule has 4 aliphatic rings. The number of methoxy groups -OCH3 is 1. The first kappa shape index (κ1) is 52.4. The van der Waals surface area contributed by atoms with Gasteiger partial charge in [0.15, 0.2) is 9.74 Å². The Morgan fingerprint density at radius 1 is 1.15 bits per heavy atom. The van der Waals surface area contributed by atoms with E-state index in [0.29, 0.717) is 37.5 Å². The van der Waals surface area contributed by atoms with Gasteiger partial charge in [-0.2, -0.15) is 0 Å². The van der Waals surface area contributed by atoms with Gasteiger partial charge in [0.2, 0.25) is 11.8 Å². The van der Waals surface area contributed by atoms with E-state index in [1.165, 1.54) is 39.1 Å². The van der Waals surface area contributed by atoms with Crippen molar-refractivity contribution >= 4 is 76.4 Å². The fourth-order valence-electron chi connectivity index (χ4n) is 10.7. The fraction of sp³-hybridized carbons (Fsp3) is 0.558. The van der Waals surface area contributed by atoms with Crippen molar-refractivity contribution in [2.24, 2.45) is 11.3 Å². The molecule has 382 valence electrons. The number of benzene rings is 1. The van der Waals surface area contributed by atoms with Crippen LogP contribution in [-0.2, 0) is 48.0 Å². The highest BCUT2D eigenvalue weighted by molar-refractivity contribution is 8.00. The van der Waals surface area contributed by atoms with Gasteiger partial charge >= 0.3 is 12.0 Å². The lowest BCUT2D eigenvalue weighted by atomic mass is 9.84. The molecule has 6 heterocycles. The Labute approximate surface area is 431 Å². The molecule has 1 unspecified atom stereocenters. The van der Waals surface area contributed by atoms with Gasteiger partial charge in [0.25, 0.3) is 5.91 Å². The Balaban J connectivity index is 1.20. The van der Waals surface area contributed by atoms with Crippen molar-refractivity contribution in [1.29, 1.82) is 0 Å². The van der Waals surface area contributed by atoms with Gasteiger partial charge in [-0.3, -0.25) is 24.4 Å². The number of ether oxygens (including phenoxy) is 2. The van der Waals surface area contributed by atoms with E-state index >= 15 is 9.59 Å². The lowest BCUT2D eigenvalue weighted by Crippen LogP contribution is -2.69. The number of carbonyl (C=O) groups is 5. The Kier molecular flexibility index (Phi) is 14.9. The van der Waals surface area contributed by atoms with Crippen LogP contribution >= 0.6 is 35.7 Å². The molecule has 1 aliphatic carbocycles. The summed E-state index contributed by atoms with van der Waals surface area (Å²) in [7, 11) is 3.30. The molecule has 6 bridgehead atoms. The maximum Gasteiger partial charge on any atom is 0.338 e. The molecular formula is C52H69N9O7S3. The highest BCUT2D eigenvalue weighted by Gasteiger charge is 2.56. The van der Waals surface area contributed by atoms with E-state index in [9.17, 15) is 14.4 Å². The van der Waals surface area contributed by atoms with E-state index in [2.05, 4.69) is 66.9 Å². The minimum Gasteiger partial charge on any atom is -0.463 e. The van der Waals surface area contributed by atoms with Crippen LogP contribution in [0.25, 0.3) is 33.4 Å². The second-order valence-electron chi connectivity index (χ2n) is 20.8. The van der Waals surface area contributed by atoms with Crippen LogP contribution in [0.1, 0.15) is 96.5 Å². The number of aryl methyl sites for hydroxylation is 1. The molecule has 16 nitrogen and oxygen atoms in total. The highest BCUT2D eigenvalue weighted by atomic mass is 32.2. The number of likely N-dealkylation sites (N-methyl/N-ethyl adjacent to an activating group) is 1. The zero-order valence-corrected chi connectivity index (χ0v) is 45.2. The molecular weight excluding hydrogens is 959 g/mol. The molecule has 8 rings (SSSR count). The Morgan fingerprint density at radius 3 is 2.56 bits per heavy atom. The minimum absolute atomic E-state index is 0.00750. The van der Waals surface area contributed by atoms with Crippen molar-refractivity contribution in [1.82, 2.24) is 45.0 Å². The largest absolute Gasteiger partial charge is 0.463 e. The third-order valence-corrected chi connectivity index (χ3v) is 17.3. The number of pyridine rings is 1. The summed E-state index contributed by atoms with van der Waals surface area (Å²) in [6.07, 6.45) is 7.38. The number of thioether (sulfide) groups is 1. The number of nitrogens with zero attached hydrogens (tertiary/aromatic N) is 7. The number of rotatable bonds is 10. The number of aromatic nitrogens is 3. The number of cyclic esters (lactones) is 1. The van der Waals surface area contributed by atoms with E-state index in [-0.39, 0.29) is 56.0 Å². The third-order valence-electron chi connectivity index (χ3n) is 14.8. The third kappa shape index (κ3) is 9.85. The van der Waals surface area contributed by atoms with Gasteiger partial charge in [-0.15, -0.1) is 35.7 Å². The first-order valence-electron chi connectivity index (χ1n) is 24.6. The molecule has 5 amide bonds. The van der Waals surface area contributed by atoms with Gasteiger partial charge in [-0.25, -0.2) is 20.0 Å². The van der Waals surface area contributed by atoms with E-state index < -0.39 is 44.5 Å². The van der Waals surface area contributed by atoms with Crippen LogP contribution in [-0.4, -0.2) is 138 Å². The van der Waals surface area contributed by atoms with Gasteiger partial charge in [0.05, 0.1) is 40.3 Å². The standard InChI is InChI=1S/C52H69N9O7S3/c1-12-41(62)60-27-32(5)59(29-50(60)20-21-50)48(66)57(9)43(31(3)4)45(63)55-52(70-11)26-40-54-38(28-71-40)34-17-18-39-36(24-34)37(44(58(39)13-2)35-16-14-22-53-42(35)33(6)67-10)25-49(7,8)30-68-47(65)51(69)19-15-23-61(56-51)46(52)64/h12,14,16-18,22,24,28,31-33,43,56,69H,1,13,15,19-21,23,25-27,29-30H2,2-11H3,(H,55,63)/t32-,33-,43?,51-,52+/m0/s1. The summed E-state index contributed by atoms with van der Waals surface area (Å²) < 4.78 is 14.3. The number of hydrogen-bond acceptors (Lipinski definition) is 13. The highest BCUT2D eigenvalue weighted by Crippen LogP contribution is 2.46. The zero-order valence-electron chi connectivity index (χ0n) is 42.7. The second kappa shape index (κ2) is 20.2. The molecule has 5 atom stereocenters. The number of piperazine rings is 1. The Bertz CT molecular complexity index is 2740. The zero-order chi connectivity index (χ0) is 51.4. The minimum atomic E-state index is -1.66. The molecule has 1 spiro atoms. The average molecular weight is 1030 g/mol.